The average molecular weight is 216 g/mol. The molecule has 2 rings (SSSR count). The first-order valence-electron chi connectivity index (χ1n) is 3.79. The number of carboxylic acids is 1. The summed E-state index contributed by atoms with van der Waals surface area (Å²) in [6.45, 7) is 0. The van der Waals surface area contributed by atoms with Gasteiger partial charge in [0.15, 0.2) is 0 Å². The van der Waals surface area contributed by atoms with Gasteiger partial charge in [-0.2, -0.15) is 0 Å². The van der Waals surface area contributed by atoms with Crippen molar-refractivity contribution in [3.63, 3.8) is 0 Å². The van der Waals surface area contributed by atoms with E-state index in [-0.39, 0.29) is 58.5 Å². The van der Waals surface area contributed by atoms with Crippen LogP contribution in [0.1, 0.15) is 11.9 Å². The summed E-state index contributed by atoms with van der Waals surface area (Å²) < 4.78 is 0. The molecule has 14 heavy (non-hydrogen) atoms. The molecule has 0 aliphatic rings. The van der Waals surface area contributed by atoms with Gasteiger partial charge in [-0.15, -0.1) is 0 Å². The van der Waals surface area contributed by atoms with Gasteiger partial charge in [-0.05, 0) is 6.07 Å². The monoisotopic (exact) mass is 216 g/mol. The van der Waals surface area contributed by atoms with Gasteiger partial charge in [0.1, 0.15) is 5.69 Å². The number of carbonyl (C=O) groups is 1. The molecule has 0 atom stereocenters. The Morgan fingerprint density at radius 2 is 2.07 bits per heavy atom. The van der Waals surface area contributed by atoms with Gasteiger partial charge in [0.2, 0.25) is 0 Å². The second-order valence-electron chi connectivity index (χ2n) is 2.76. The largest absolute Gasteiger partial charge is 1.00 e. The zero-order valence-corrected chi connectivity index (χ0v) is 10.9. The Hall–Kier alpha value is -0.334. The predicted octanol–water partition coefficient (Wildman–Crippen LogP) is -1.44. The van der Waals surface area contributed by atoms with Crippen LogP contribution in [0.3, 0.4) is 0 Å². The van der Waals surface area contributed by atoms with Gasteiger partial charge in [0.25, 0.3) is 0 Å². The maximum absolute atomic E-state index is 10.7. The molecule has 0 amide bonds. The number of fused-ring (bicyclic) bond motifs is 1. The smallest absolute Gasteiger partial charge is 1.00 e. The molecule has 4 N–H and O–H groups in total. The average Bonchev–Trinajstić information content (AvgIpc) is 2.45. The molecule has 0 saturated carbocycles. The van der Waals surface area contributed by atoms with Crippen LogP contribution in [-0.4, -0.2) is 16.1 Å². The zero-order chi connectivity index (χ0) is 9.42. The topological polar surface area (TPSA) is 79.1 Å². The Balaban J connectivity index is 0.000000980. The van der Waals surface area contributed by atoms with Crippen LogP contribution in [-0.2, 0) is 0 Å². The molecular formula is C9H9KN2O2. The fraction of sp³-hybridized carbons (Fsp3) is 0. The fourth-order valence-corrected chi connectivity index (χ4v) is 1.33. The summed E-state index contributed by atoms with van der Waals surface area (Å²) in [6.07, 6.45) is 0. The Morgan fingerprint density at radius 1 is 1.43 bits per heavy atom. The summed E-state index contributed by atoms with van der Waals surface area (Å²) in [7, 11) is 0. The quantitative estimate of drug-likeness (QED) is 0.511. The number of anilines is 1. The van der Waals surface area contributed by atoms with Crippen molar-refractivity contribution in [1.82, 2.24) is 4.98 Å². The Labute approximate surface area is 124 Å². The van der Waals surface area contributed by atoms with Crippen LogP contribution in [0.2, 0.25) is 0 Å². The molecule has 4 nitrogen and oxygen atoms in total. The van der Waals surface area contributed by atoms with E-state index in [9.17, 15) is 4.79 Å². The van der Waals surface area contributed by atoms with Gasteiger partial charge in [-0.1, -0.05) is 18.2 Å². The second-order valence-corrected chi connectivity index (χ2v) is 2.76. The van der Waals surface area contributed by atoms with Crippen molar-refractivity contribution in [2.45, 2.75) is 0 Å². The fourth-order valence-electron chi connectivity index (χ4n) is 1.33. The molecule has 0 bridgehead atoms. The second kappa shape index (κ2) is 4.46. The van der Waals surface area contributed by atoms with Gasteiger partial charge < -0.3 is 17.3 Å². The summed E-state index contributed by atoms with van der Waals surface area (Å²) in [4.78, 5) is 13.4. The molecule has 68 valence electrons. The van der Waals surface area contributed by atoms with Crippen molar-refractivity contribution in [3.8, 4) is 0 Å². The molecule has 0 unspecified atom stereocenters. The third kappa shape index (κ3) is 1.87. The first-order chi connectivity index (χ1) is 6.20. The van der Waals surface area contributed by atoms with E-state index in [1.54, 1.807) is 12.1 Å². The Kier molecular flexibility index (Phi) is 3.74. The maximum atomic E-state index is 10.7. The van der Waals surface area contributed by atoms with Gasteiger partial charge in [0.05, 0.1) is 5.69 Å². The molecule has 0 aliphatic carbocycles. The summed E-state index contributed by atoms with van der Waals surface area (Å²) in [5.41, 5.74) is 6.73. The molecule has 0 fully saturated rings. The van der Waals surface area contributed by atoms with Crippen LogP contribution in [0.15, 0.2) is 24.3 Å². The minimum absolute atomic E-state index is 0. The number of nitrogens with one attached hydrogen (secondary N) is 1. The third-order valence-electron chi connectivity index (χ3n) is 1.96. The van der Waals surface area contributed by atoms with Crippen LogP contribution in [0.25, 0.3) is 10.9 Å². The summed E-state index contributed by atoms with van der Waals surface area (Å²) in [6, 6.07) is 7.22. The Morgan fingerprint density at radius 3 is 2.64 bits per heavy atom. The first kappa shape index (κ1) is 11.7. The molecule has 5 heteroatoms. The van der Waals surface area contributed by atoms with Crippen molar-refractivity contribution < 1.29 is 62.7 Å². The number of aromatic carboxylic acids is 1. The minimum Gasteiger partial charge on any atom is -1.00 e. The number of H-pyrrole nitrogens is 1. The van der Waals surface area contributed by atoms with Gasteiger partial charge in [-0.25, -0.2) is 4.79 Å². The van der Waals surface area contributed by atoms with Crippen LogP contribution < -0.4 is 57.1 Å². The number of carboxylic acid groups (broad SMARTS) is 1. The van der Waals surface area contributed by atoms with Crippen molar-refractivity contribution >= 4 is 22.6 Å². The number of benzene rings is 1. The minimum atomic E-state index is -1.03. The van der Waals surface area contributed by atoms with E-state index in [0.29, 0.717) is 5.69 Å². The van der Waals surface area contributed by atoms with Gasteiger partial charge >= 0.3 is 57.4 Å². The van der Waals surface area contributed by atoms with Crippen LogP contribution >= 0.6 is 0 Å². The number of aromatic amines is 1. The van der Waals surface area contributed by atoms with Crippen LogP contribution in [0.4, 0.5) is 5.69 Å². The molecule has 1 heterocycles. The number of para-hydroxylation sites is 1. The van der Waals surface area contributed by atoms with E-state index >= 15 is 0 Å². The number of hydrogen-bond acceptors (Lipinski definition) is 2. The molecule has 0 saturated heterocycles. The summed E-state index contributed by atoms with van der Waals surface area (Å²) in [5.74, 6) is -1.03. The molecule has 2 aromatic rings. The zero-order valence-electron chi connectivity index (χ0n) is 8.74. The van der Waals surface area contributed by atoms with Gasteiger partial charge in [0, 0.05) is 10.9 Å². The standard InChI is InChI=1S/C9H8N2O2.K.H/c10-7-5-3-1-2-4-6(5)11-8(7)9(12)13;;/h1-4,11H,10H2,(H,12,13);;/q;+1;-1. The van der Waals surface area contributed by atoms with Crippen LogP contribution in [0.5, 0.6) is 0 Å². The number of hydrogen-bond donors (Lipinski definition) is 3. The molecule has 0 aliphatic heterocycles. The van der Waals surface area contributed by atoms with E-state index in [0.717, 1.165) is 10.9 Å². The number of aromatic nitrogens is 1. The van der Waals surface area contributed by atoms with E-state index < -0.39 is 5.97 Å². The summed E-state index contributed by atoms with van der Waals surface area (Å²) in [5, 5.41) is 9.51. The molecular weight excluding hydrogens is 207 g/mol. The van der Waals surface area contributed by atoms with Crippen molar-refractivity contribution in [1.29, 1.82) is 0 Å². The Bertz CT molecular complexity index is 484. The molecule has 1 aromatic carbocycles. The van der Waals surface area contributed by atoms with Crippen molar-refractivity contribution in [3.05, 3.63) is 30.0 Å². The van der Waals surface area contributed by atoms with Gasteiger partial charge in [-0.3, -0.25) is 0 Å². The third-order valence-corrected chi connectivity index (χ3v) is 1.96. The summed E-state index contributed by atoms with van der Waals surface area (Å²) >= 11 is 0. The van der Waals surface area contributed by atoms with E-state index in [2.05, 4.69) is 4.98 Å². The van der Waals surface area contributed by atoms with Crippen LogP contribution in [0, 0.1) is 0 Å². The molecule has 1 aromatic heterocycles. The van der Waals surface area contributed by atoms with E-state index in [1.165, 1.54) is 0 Å². The van der Waals surface area contributed by atoms with Crippen molar-refractivity contribution in [2.75, 3.05) is 5.73 Å². The normalized spacial score (nSPS) is 9.71. The van der Waals surface area contributed by atoms with E-state index in [1.807, 2.05) is 12.1 Å². The molecule has 0 radical (unpaired) electrons. The first-order valence-corrected chi connectivity index (χ1v) is 3.79. The predicted molar refractivity (Wildman–Crippen MR) is 50.8 cm³/mol. The SMILES string of the molecule is Nc1c(C(=O)O)[nH]c2ccccc12.[H-].[K+]. The van der Waals surface area contributed by atoms with E-state index in [4.69, 9.17) is 10.8 Å². The number of nitrogen functional groups attached to an aromatic ring is 1. The number of rotatable bonds is 1. The van der Waals surface area contributed by atoms with Crippen molar-refractivity contribution in [2.24, 2.45) is 0 Å². The maximum Gasteiger partial charge on any atom is 1.00 e. The molecule has 0 spiro atoms. The number of nitrogens with two attached hydrogens (primary N) is 1.